The maximum absolute atomic E-state index is 13.2. The Morgan fingerprint density at radius 1 is 0.902 bits per heavy atom. The fraction of sp³-hybridized carbons (Fsp3) is 0.345. The summed E-state index contributed by atoms with van der Waals surface area (Å²) in [5.41, 5.74) is 13.6. The van der Waals surface area contributed by atoms with Crippen LogP contribution in [0.15, 0.2) is 72.8 Å². The highest BCUT2D eigenvalue weighted by Gasteiger charge is 2.38. The summed E-state index contributed by atoms with van der Waals surface area (Å²) >= 11 is 0. The molecule has 0 radical (unpaired) electrons. The van der Waals surface area contributed by atoms with Crippen molar-refractivity contribution in [2.45, 2.75) is 43.9 Å². The van der Waals surface area contributed by atoms with Crippen LogP contribution in [-0.4, -0.2) is 70.9 Å². The third-order valence-electron chi connectivity index (χ3n) is 6.18. The number of carbonyl (C=O) groups is 3. The van der Waals surface area contributed by atoms with Gasteiger partial charge in [-0.05, 0) is 60.7 Å². The molecule has 0 saturated carbocycles. The molecule has 0 unspecified atom stereocenters. The van der Waals surface area contributed by atoms with Gasteiger partial charge in [-0.25, -0.2) is 9.59 Å². The van der Waals surface area contributed by atoms with Gasteiger partial charge < -0.3 is 31.9 Å². The molecule has 3 aromatic carbocycles. The molecule has 3 aromatic rings. The quantitative estimate of drug-likeness (QED) is 0.205. The van der Waals surface area contributed by atoms with Crippen molar-refractivity contribution in [2.24, 2.45) is 11.5 Å². The molecule has 0 bridgehead atoms. The number of amides is 1. The first-order valence-corrected chi connectivity index (χ1v) is 13.0. The first-order valence-electron chi connectivity index (χ1n) is 13.0. The zero-order valence-corrected chi connectivity index (χ0v) is 22.4. The molecule has 7 N–H and O–H groups in total. The molecule has 0 aliphatic rings. The number of aryl methyl sites for hydroxylation is 1. The number of nitrogens with two attached hydrogens (primary N) is 2. The Bertz CT molecular complexity index is 1270. The van der Waals surface area contributed by atoms with E-state index in [9.17, 15) is 27.9 Å². The van der Waals surface area contributed by atoms with Crippen molar-refractivity contribution in [3.63, 3.8) is 0 Å². The van der Waals surface area contributed by atoms with Crippen LogP contribution in [0.3, 0.4) is 0 Å². The predicted octanol–water partition coefficient (Wildman–Crippen LogP) is 3.87. The number of fused-ring (bicyclic) bond motifs is 1. The van der Waals surface area contributed by atoms with E-state index in [0.717, 1.165) is 28.4 Å². The summed E-state index contributed by atoms with van der Waals surface area (Å²) in [5, 5.41) is 22.5. The standard InChI is InChI=1S/C27H34N4O3.C2HF3O2/c28-16-6-13-24(29)26(32)31(17-7-10-20-8-2-1-3-9-20)25(27(33)34)19-30-23-15-14-21-11-4-5-12-22(21)18-23;3-2(4,5)1(6)7/h1-5,8-9,11-12,14-15,18,24-25,30H,6-7,10,13,16-17,19,28-29H2,(H,33,34);(H,6,7)/t24-,25-;/m0./s1. The topological polar surface area (TPSA) is 159 Å². The molecular formula is C29H35F3N4O5. The van der Waals surface area contributed by atoms with Crippen LogP contribution in [0.1, 0.15) is 24.8 Å². The van der Waals surface area contributed by atoms with E-state index >= 15 is 0 Å². The van der Waals surface area contributed by atoms with Crippen LogP contribution in [0.5, 0.6) is 0 Å². The molecule has 9 nitrogen and oxygen atoms in total. The second kappa shape index (κ2) is 16.2. The highest BCUT2D eigenvalue weighted by molar-refractivity contribution is 5.88. The van der Waals surface area contributed by atoms with Gasteiger partial charge in [0.1, 0.15) is 6.04 Å². The van der Waals surface area contributed by atoms with E-state index in [1.807, 2.05) is 72.8 Å². The number of benzene rings is 3. The van der Waals surface area contributed by atoms with Gasteiger partial charge in [0.15, 0.2) is 0 Å². The van der Waals surface area contributed by atoms with Gasteiger partial charge in [0.05, 0.1) is 6.04 Å². The zero-order valence-electron chi connectivity index (χ0n) is 22.4. The number of hydrogen-bond acceptors (Lipinski definition) is 6. The average Bonchev–Trinajstić information content (AvgIpc) is 2.94. The Labute approximate surface area is 235 Å². The van der Waals surface area contributed by atoms with Gasteiger partial charge in [0.25, 0.3) is 0 Å². The molecule has 3 rings (SSSR count). The summed E-state index contributed by atoms with van der Waals surface area (Å²) in [6.45, 7) is 0.815. The zero-order chi connectivity index (χ0) is 30.4. The fourth-order valence-electron chi connectivity index (χ4n) is 4.04. The number of rotatable bonds is 13. The van der Waals surface area contributed by atoms with E-state index in [-0.39, 0.29) is 12.5 Å². The molecular weight excluding hydrogens is 541 g/mol. The fourth-order valence-corrected chi connectivity index (χ4v) is 4.04. The molecule has 222 valence electrons. The maximum Gasteiger partial charge on any atom is 0.490 e. The summed E-state index contributed by atoms with van der Waals surface area (Å²) < 4.78 is 31.7. The maximum atomic E-state index is 13.2. The largest absolute Gasteiger partial charge is 0.490 e. The number of carboxylic acids is 2. The highest BCUT2D eigenvalue weighted by atomic mass is 19.4. The number of carbonyl (C=O) groups excluding carboxylic acids is 1. The lowest BCUT2D eigenvalue weighted by Gasteiger charge is -2.31. The van der Waals surface area contributed by atoms with Crippen LogP contribution in [0, 0.1) is 0 Å². The van der Waals surface area contributed by atoms with Gasteiger partial charge in [-0.2, -0.15) is 13.2 Å². The normalized spacial score (nSPS) is 12.5. The van der Waals surface area contributed by atoms with Crippen molar-refractivity contribution in [3.05, 3.63) is 78.4 Å². The third-order valence-corrected chi connectivity index (χ3v) is 6.18. The lowest BCUT2D eigenvalue weighted by atomic mass is 10.1. The number of aliphatic carboxylic acids is 2. The summed E-state index contributed by atoms with van der Waals surface area (Å²) in [6, 6.07) is 22.0. The van der Waals surface area contributed by atoms with Crippen molar-refractivity contribution in [3.8, 4) is 0 Å². The van der Waals surface area contributed by atoms with Gasteiger partial charge in [-0.15, -0.1) is 0 Å². The van der Waals surface area contributed by atoms with E-state index in [0.29, 0.717) is 32.4 Å². The van der Waals surface area contributed by atoms with E-state index < -0.39 is 30.2 Å². The monoisotopic (exact) mass is 576 g/mol. The minimum atomic E-state index is -5.08. The van der Waals surface area contributed by atoms with Crippen LogP contribution in [0.2, 0.25) is 0 Å². The second-order valence-corrected chi connectivity index (χ2v) is 9.26. The van der Waals surface area contributed by atoms with Gasteiger partial charge in [0, 0.05) is 18.8 Å². The van der Waals surface area contributed by atoms with Crippen LogP contribution in [0.25, 0.3) is 10.8 Å². The highest BCUT2D eigenvalue weighted by Crippen LogP contribution is 2.19. The van der Waals surface area contributed by atoms with Gasteiger partial charge >= 0.3 is 18.1 Å². The Morgan fingerprint density at radius 3 is 2.10 bits per heavy atom. The summed E-state index contributed by atoms with van der Waals surface area (Å²) in [5.74, 6) is -4.17. The Hall–Kier alpha value is -4.16. The van der Waals surface area contributed by atoms with Crippen LogP contribution < -0.4 is 16.8 Å². The molecule has 0 fully saturated rings. The Balaban J connectivity index is 0.000000745. The number of carboxylic acid groups (broad SMARTS) is 2. The van der Waals surface area contributed by atoms with Crippen molar-refractivity contribution in [1.29, 1.82) is 0 Å². The number of anilines is 1. The second-order valence-electron chi connectivity index (χ2n) is 9.26. The molecule has 0 aliphatic heterocycles. The average molecular weight is 577 g/mol. The summed E-state index contributed by atoms with van der Waals surface area (Å²) in [4.78, 5) is 35.8. The lowest BCUT2D eigenvalue weighted by Crippen LogP contribution is -2.54. The minimum absolute atomic E-state index is 0.0777. The predicted molar refractivity (Wildman–Crippen MR) is 150 cm³/mol. The van der Waals surface area contributed by atoms with Gasteiger partial charge in [-0.3, -0.25) is 4.79 Å². The van der Waals surface area contributed by atoms with Crippen molar-refractivity contribution in [1.82, 2.24) is 4.90 Å². The van der Waals surface area contributed by atoms with Crippen molar-refractivity contribution >= 4 is 34.3 Å². The van der Waals surface area contributed by atoms with E-state index in [2.05, 4.69) is 5.32 Å². The van der Waals surface area contributed by atoms with Gasteiger partial charge in [0.2, 0.25) is 5.91 Å². The Kier molecular flexibility index (Phi) is 13.0. The first-order chi connectivity index (χ1) is 19.4. The number of halogens is 3. The Morgan fingerprint density at radius 2 is 1.51 bits per heavy atom. The molecule has 2 atom stereocenters. The molecule has 0 spiro atoms. The SMILES string of the molecule is NCCC[C@H](N)C(=O)N(CCCc1ccccc1)[C@@H](CNc1ccc2ccccc2c1)C(=O)O.O=C(O)C(F)(F)F. The summed E-state index contributed by atoms with van der Waals surface area (Å²) in [6.07, 6.45) is -2.67. The summed E-state index contributed by atoms with van der Waals surface area (Å²) in [7, 11) is 0. The third kappa shape index (κ3) is 11.1. The van der Waals surface area contributed by atoms with Crippen LogP contribution in [-0.2, 0) is 20.8 Å². The van der Waals surface area contributed by atoms with Crippen LogP contribution >= 0.6 is 0 Å². The van der Waals surface area contributed by atoms with E-state index in [4.69, 9.17) is 21.4 Å². The number of alkyl halides is 3. The van der Waals surface area contributed by atoms with E-state index in [1.54, 1.807) is 0 Å². The molecule has 0 saturated heterocycles. The van der Waals surface area contributed by atoms with Gasteiger partial charge in [-0.1, -0.05) is 60.7 Å². The van der Waals surface area contributed by atoms with E-state index in [1.165, 1.54) is 4.90 Å². The smallest absolute Gasteiger partial charge is 0.480 e. The number of nitrogens with zero attached hydrogens (tertiary/aromatic N) is 1. The minimum Gasteiger partial charge on any atom is -0.480 e. The number of hydrogen-bond donors (Lipinski definition) is 5. The molecule has 0 aromatic heterocycles. The number of nitrogens with one attached hydrogen (secondary N) is 1. The molecule has 41 heavy (non-hydrogen) atoms. The molecule has 0 heterocycles. The lowest BCUT2D eigenvalue weighted by molar-refractivity contribution is -0.192. The molecule has 1 amide bonds. The van der Waals surface area contributed by atoms with Crippen LogP contribution in [0.4, 0.5) is 18.9 Å². The van der Waals surface area contributed by atoms with Crippen molar-refractivity contribution < 1.29 is 37.8 Å². The first kappa shape index (κ1) is 33.0. The molecule has 12 heteroatoms. The van der Waals surface area contributed by atoms with Crippen molar-refractivity contribution in [2.75, 3.05) is 25.0 Å². The molecule has 0 aliphatic carbocycles.